The molecule has 96 valence electrons. The van der Waals surface area contributed by atoms with Gasteiger partial charge in [-0.25, -0.2) is 0 Å². The molecule has 20 heavy (non-hydrogen) atoms. The summed E-state index contributed by atoms with van der Waals surface area (Å²) in [6.45, 7) is 0. The van der Waals surface area contributed by atoms with Crippen molar-refractivity contribution in [1.82, 2.24) is 14.5 Å². The number of rotatable bonds is 2. The van der Waals surface area contributed by atoms with Crippen LogP contribution in [0.4, 0.5) is 0 Å². The van der Waals surface area contributed by atoms with Crippen molar-refractivity contribution < 1.29 is 0 Å². The number of nitrogens with one attached hydrogen (secondary N) is 1. The Morgan fingerprint density at radius 2 is 1.95 bits per heavy atom. The third-order valence-electron chi connectivity index (χ3n) is 3.55. The molecular weight excluding hydrogens is 246 g/mol. The molecule has 1 aromatic carbocycles. The molecule has 0 saturated heterocycles. The SMILES string of the molecule is c1cncc(-n2cc(-c3cc[nH]c3)c3ccccc32)c1. The van der Waals surface area contributed by atoms with Crippen LogP contribution in [-0.4, -0.2) is 14.5 Å². The second kappa shape index (κ2) is 4.38. The lowest BCUT2D eigenvalue weighted by molar-refractivity contribution is 1.10. The first-order chi connectivity index (χ1) is 9.93. The van der Waals surface area contributed by atoms with Crippen molar-refractivity contribution in [2.24, 2.45) is 0 Å². The summed E-state index contributed by atoms with van der Waals surface area (Å²) < 4.78 is 2.19. The third-order valence-corrected chi connectivity index (χ3v) is 3.55. The maximum Gasteiger partial charge on any atom is 0.0639 e. The molecule has 0 bridgehead atoms. The van der Waals surface area contributed by atoms with Crippen molar-refractivity contribution in [3.63, 3.8) is 0 Å². The maximum absolute atomic E-state index is 4.21. The number of hydrogen-bond donors (Lipinski definition) is 1. The topological polar surface area (TPSA) is 33.6 Å². The van der Waals surface area contributed by atoms with Gasteiger partial charge in [0, 0.05) is 41.3 Å². The van der Waals surface area contributed by atoms with Gasteiger partial charge in [-0.3, -0.25) is 4.98 Å². The molecule has 0 atom stereocenters. The molecule has 3 heteroatoms. The second-order valence-corrected chi connectivity index (χ2v) is 4.74. The number of aromatic amines is 1. The molecule has 0 aliphatic heterocycles. The number of nitrogens with zero attached hydrogens (tertiary/aromatic N) is 2. The summed E-state index contributed by atoms with van der Waals surface area (Å²) in [7, 11) is 0. The molecule has 0 saturated carbocycles. The first kappa shape index (κ1) is 11.1. The minimum absolute atomic E-state index is 1.07. The average molecular weight is 259 g/mol. The van der Waals surface area contributed by atoms with E-state index < -0.39 is 0 Å². The van der Waals surface area contributed by atoms with Gasteiger partial charge < -0.3 is 9.55 Å². The lowest BCUT2D eigenvalue weighted by Crippen LogP contribution is -1.91. The van der Waals surface area contributed by atoms with E-state index in [2.05, 4.69) is 57.1 Å². The van der Waals surface area contributed by atoms with Crippen molar-refractivity contribution in [2.75, 3.05) is 0 Å². The molecule has 3 heterocycles. The van der Waals surface area contributed by atoms with E-state index in [1.54, 1.807) is 6.20 Å². The highest BCUT2D eigenvalue weighted by Gasteiger charge is 2.11. The van der Waals surface area contributed by atoms with E-state index in [9.17, 15) is 0 Å². The van der Waals surface area contributed by atoms with E-state index in [1.807, 2.05) is 24.7 Å². The van der Waals surface area contributed by atoms with Crippen LogP contribution in [0.1, 0.15) is 0 Å². The van der Waals surface area contributed by atoms with Crippen LogP contribution in [0.5, 0.6) is 0 Å². The van der Waals surface area contributed by atoms with Crippen molar-refractivity contribution in [3.8, 4) is 16.8 Å². The van der Waals surface area contributed by atoms with Crippen molar-refractivity contribution in [1.29, 1.82) is 0 Å². The van der Waals surface area contributed by atoms with E-state index in [0.29, 0.717) is 0 Å². The number of para-hydroxylation sites is 1. The molecule has 3 nitrogen and oxygen atoms in total. The van der Waals surface area contributed by atoms with Crippen LogP contribution >= 0.6 is 0 Å². The number of fused-ring (bicyclic) bond motifs is 1. The van der Waals surface area contributed by atoms with E-state index in [1.165, 1.54) is 22.0 Å². The second-order valence-electron chi connectivity index (χ2n) is 4.74. The summed E-state index contributed by atoms with van der Waals surface area (Å²) in [5.41, 5.74) is 4.69. The fourth-order valence-corrected chi connectivity index (χ4v) is 2.61. The van der Waals surface area contributed by atoms with Crippen LogP contribution in [0.15, 0.2) is 73.4 Å². The normalized spacial score (nSPS) is 11.0. The molecule has 0 aliphatic rings. The lowest BCUT2D eigenvalue weighted by atomic mass is 10.1. The smallest absolute Gasteiger partial charge is 0.0639 e. The van der Waals surface area contributed by atoms with Gasteiger partial charge in [-0.15, -0.1) is 0 Å². The molecule has 0 spiro atoms. The molecule has 4 rings (SSSR count). The summed E-state index contributed by atoms with van der Waals surface area (Å²) in [4.78, 5) is 7.33. The van der Waals surface area contributed by atoms with Gasteiger partial charge in [0.25, 0.3) is 0 Å². The Morgan fingerprint density at radius 3 is 2.75 bits per heavy atom. The predicted octanol–water partition coefficient (Wildman–Crippen LogP) is 4.02. The molecule has 0 unspecified atom stereocenters. The fourth-order valence-electron chi connectivity index (χ4n) is 2.61. The van der Waals surface area contributed by atoms with E-state index in [0.717, 1.165) is 5.69 Å². The number of hydrogen-bond acceptors (Lipinski definition) is 1. The van der Waals surface area contributed by atoms with Gasteiger partial charge in [-0.1, -0.05) is 18.2 Å². The maximum atomic E-state index is 4.21. The molecule has 0 radical (unpaired) electrons. The summed E-state index contributed by atoms with van der Waals surface area (Å²) in [5, 5.41) is 1.25. The first-order valence-electron chi connectivity index (χ1n) is 6.57. The molecular formula is C17H13N3. The van der Waals surface area contributed by atoms with Crippen LogP contribution < -0.4 is 0 Å². The molecule has 3 aromatic heterocycles. The summed E-state index contributed by atoms with van der Waals surface area (Å²) in [5.74, 6) is 0. The van der Waals surface area contributed by atoms with Gasteiger partial charge in [0.05, 0.1) is 17.4 Å². The van der Waals surface area contributed by atoms with Crippen molar-refractivity contribution in [3.05, 3.63) is 73.4 Å². The minimum atomic E-state index is 1.07. The van der Waals surface area contributed by atoms with Gasteiger partial charge in [0.2, 0.25) is 0 Å². The van der Waals surface area contributed by atoms with Gasteiger partial charge >= 0.3 is 0 Å². The Balaban J connectivity index is 2.04. The van der Waals surface area contributed by atoms with Crippen LogP contribution in [0, 0.1) is 0 Å². The number of pyridine rings is 1. The van der Waals surface area contributed by atoms with Gasteiger partial charge in [0.1, 0.15) is 0 Å². The van der Waals surface area contributed by atoms with E-state index in [-0.39, 0.29) is 0 Å². The molecule has 0 amide bonds. The minimum Gasteiger partial charge on any atom is -0.367 e. The van der Waals surface area contributed by atoms with Gasteiger partial charge in [-0.2, -0.15) is 0 Å². The largest absolute Gasteiger partial charge is 0.367 e. The Labute approximate surface area is 116 Å². The summed E-state index contributed by atoms with van der Waals surface area (Å²) >= 11 is 0. The quantitative estimate of drug-likeness (QED) is 0.579. The Morgan fingerprint density at radius 1 is 1.00 bits per heavy atom. The Kier molecular flexibility index (Phi) is 2.42. The molecule has 0 aliphatic carbocycles. The average Bonchev–Trinajstić information content (AvgIpc) is 3.15. The molecule has 1 N–H and O–H groups in total. The van der Waals surface area contributed by atoms with Crippen LogP contribution in [0.25, 0.3) is 27.7 Å². The Hall–Kier alpha value is -2.81. The van der Waals surface area contributed by atoms with Crippen LogP contribution in [-0.2, 0) is 0 Å². The highest BCUT2D eigenvalue weighted by Crippen LogP contribution is 2.32. The Bertz CT molecular complexity index is 842. The molecule has 4 aromatic rings. The first-order valence-corrected chi connectivity index (χ1v) is 6.57. The van der Waals surface area contributed by atoms with Crippen LogP contribution in [0.3, 0.4) is 0 Å². The number of aromatic nitrogens is 3. The fraction of sp³-hybridized carbons (Fsp3) is 0. The van der Waals surface area contributed by atoms with Crippen molar-refractivity contribution in [2.45, 2.75) is 0 Å². The van der Waals surface area contributed by atoms with Gasteiger partial charge in [0.15, 0.2) is 0 Å². The van der Waals surface area contributed by atoms with E-state index >= 15 is 0 Å². The summed E-state index contributed by atoms with van der Waals surface area (Å²) in [6.07, 6.45) is 9.82. The molecule has 0 fully saturated rings. The van der Waals surface area contributed by atoms with Crippen molar-refractivity contribution >= 4 is 10.9 Å². The third kappa shape index (κ3) is 1.64. The lowest BCUT2D eigenvalue weighted by Gasteiger charge is -2.03. The zero-order valence-corrected chi connectivity index (χ0v) is 10.8. The number of benzene rings is 1. The van der Waals surface area contributed by atoms with E-state index in [4.69, 9.17) is 0 Å². The standard InChI is InChI=1S/C17H13N3/c1-2-6-17-15(5-1)16(13-7-9-19-10-13)12-20(17)14-4-3-8-18-11-14/h1-12,19H. The number of H-pyrrole nitrogens is 1. The highest BCUT2D eigenvalue weighted by molar-refractivity contribution is 5.96. The zero-order valence-electron chi connectivity index (χ0n) is 10.8. The zero-order chi connectivity index (χ0) is 13.4. The van der Waals surface area contributed by atoms with Crippen LogP contribution in [0.2, 0.25) is 0 Å². The summed E-state index contributed by atoms with van der Waals surface area (Å²) in [6, 6.07) is 14.6. The highest BCUT2D eigenvalue weighted by atomic mass is 15.0. The van der Waals surface area contributed by atoms with Gasteiger partial charge in [-0.05, 0) is 24.3 Å². The monoisotopic (exact) mass is 259 g/mol. The predicted molar refractivity (Wildman–Crippen MR) is 80.9 cm³/mol.